The van der Waals surface area contributed by atoms with Crippen molar-refractivity contribution in [1.29, 1.82) is 0 Å². The first-order valence-corrected chi connectivity index (χ1v) is 7.20. The van der Waals surface area contributed by atoms with Gasteiger partial charge in [-0.1, -0.05) is 11.3 Å². The normalized spacial score (nSPS) is 10.6. The summed E-state index contributed by atoms with van der Waals surface area (Å²) in [5, 5.41) is 0.632. The SMILES string of the molecule is Cc1nc(N)sc1SCc1cncc(Br)c1. The fourth-order valence-electron chi connectivity index (χ4n) is 1.22. The largest absolute Gasteiger partial charge is 0.375 e. The summed E-state index contributed by atoms with van der Waals surface area (Å²) < 4.78 is 2.18. The number of thiazole rings is 1. The van der Waals surface area contributed by atoms with E-state index in [-0.39, 0.29) is 0 Å². The van der Waals surface area contributed by atoms with Gasteiger partial charge in [0.05, 0.1) is 9.90 Å². The minimum absolute atomic E-state index is 0.632. The Bertz CT molecular complexity index is 499. The number of halogens is 1. The summed E-state index contributed by atoms with van der Waals surface area (Å²) in [6.45, 7) is 1.98. The summed E-state index contributed by atoms with van der Waals surface area (Å²) in [4.78, 5) is 8.32. The molecule has 0 bridgehead atoms. The number of anilines is 1. The fraction of sp³-hybridized carbons (Fsp3) is 0.200. The van der Waals surface area contributed by atoms with Crippen molar-refractivity contribution in [3.8, 4) is 0 Å². The van der Waals surface area contributed by atoms with E-state index < -0.39 is 0 Å². The van der Waals surface area contributed by atoms with Crippen LogP contribution in [0.2, 0.25) is 0 Å². The lowest BCUT2D eigenvalue weighted by Crippen LogP contribution is -1.83. The van der Waals surface area contributed by atoms with E-state index in [1.54, 1.807) is 18.0 Å². The van der Waals surface area contributed by atoms with Crippen LogP contribution in [0, 0.1) is 6.92 Å². The average molecular weight is 316 g/mol. The first-order valence-electron chi connectivity index (χ1n) is 4.60. The molecule has 0 aliphatic carbocycles. The molecule has 0 saturated heterocycles. The van der Waals surface area contributed by atoms with Gasteiger partial charge in [0.25, 0.3) is 0 Å². The molecule has 84 valence electrons. The van der Waals surface area contributed by atoms with E-state index in [2.05, 4.69) is 32.0 Å². The lowest BCUT2D eigenvalue weighted by Gasteiger charge is -2.00. The quantitative estimate of drug-likeness (QED) is 0.881. The highest BCUT2D eigenvalue weighted by Gasteiger charge is 2.06. The molecule has 2 heterocycles. The van der Waals surface area contributed by atoms with Crippen LogP contribution in [0.4, 0.5) is 5.13 Å². The fourth-order valence-corrected chi connectivity index (χ4v) is 3.58. The topological polar surface area (TPSA) is 51.8 Å². The zero-order valence-electron chi connectivity index (χ0n) is 8.61. The van der Waals surface area contributed by atoms with Gasteiger partial charge in [-0.25, -0.2) is 4.98 Å². The molecule has 0 saturated carbocycles. The van der Waals surface area contributed by atoms with E-state index in [9.17, 15) is 0 Å². The first kappa shape index (κ1) is 11.9. The maximum atomic E-state index is 5.65. The zero-order chi connectivity index (χ0) is 11.5. The molecular weight excluding hydrogens is 306 g/mol. The standard InChI is InChI=1S/C10H10BrN3S2/c1-6-9(16-10(12)14-6)15-5-7-2-8(11)4-13-3-7/h2-4H,5H2,1H3,(H2,12,14). The van der Waals surface area contributed by atoms with E-state index in [0.29, 0.717) is 5.13 Å². The van der Waals surface area contributed by atoms with Gasteiger partial charge in [0.1, 0.15) is 0 Å². The van der Waals surface area contributed by atoms with Crippen LogP contribution in [0.1, 0.15) is 11.3 Å². The summed E-state index contributed by atoms with van der Waals surface area (Å²) in [5.41, 5.74) is 7.84. The molecule has 3 nitrogen and oxygen atoms in total. The predicted octanol–water partition coefficient (Wildman–Crippen LogP) is 3.48. The number of thioether (sulfide) groups is 1. The molecule has 0 atom stereocenters. The van der Waals surface area contributed by atoms with Crippen LogP contribution in [0.25, 0.3) is 0 Å². The highest BCUT2D eigenvalue weighted by molar-refractivity contribution is 9.10. The molecule has 2 aromatic heterocycles. The number of nitrogens with zero attached hydrogens (tertiary/aromatic N) is 2. The summed E-state index contributed by atoms with van der Waals surface area (Å²) >= 11 is 6.69. The molecule has 0 spiro atoms. The summed E-state index contributed by atoms with van der Waals surface area (Å²) in [7, 11) is 0. The minimum atomic E-state index is 0.632. The maximum absolute atomic E-state index is 5.65. The monoisotopic (exact) mass is 315 g/mol. The number of hydrogen-bond donors (Lipinski definition) is 1. The van der Waals surface area contributed by atoms with Gasteiger partial charge in [-0.05, 0) is 34.5 Å². The average Bonchev–Trinajstić information content (AvgIpc) is 2.54. The van der Waals surface area contributed by atoms with Gasteiger partial charge in [0, 0.05) is 22.6 Å². The molecule has 2 rings (SSSR count). The van der Waals surface area contributed by atoms with Crippen molar-refractivity contribution in [2.75, 3.05) is 5.73 Å². The van der Waals surface area contributed by atoms with E-state index >= 15 is 0 Å². The van der Waals surface area contributed by atoms with Gasteiger partial charge in [0.2, 0.25) is 0 Å². The molecule has 0 amide bonds. The van der Waals surface area contributed by atoms with Crippen LogP contribution in [0.5, 0.6) is 0 Å². The molecular formula is C10H10BrN3S2. The van der Waals surface area contributed by atoms with Crippen molar-refractivity contribution in [2.45, 2.75) is 16.9 Å². The second-order valence-corrected chi connectivity index (χ2v) is 6.42. The molecule has 0 aliphatic rings. The van der Waals surface area contributed by atoms with Crippen molar-refractivity contribution in [3.05, 3.63) is 34.2 Å². The van der Waals surface area contributed by atoms with E-state index in [0.717, 1.165) is 15.9 Å². The molecule has 2 N–H and O–H groups in total. The summed E-state index contributed by atoms with van der Waals surface area (Å²) in [6, 6.07) is 2.07. The van der Waals surface area contributed by atoms with Crippen molar-refractivity contribution < 1.29 is 0 Å². The van der Waals surface area contributed by atoms with Crippen molar-refractivity contribution >= 4 is 44.2 Å². The van der Waals surface area contributed by atoms with Gasteiger partial charge < -0.3 is 5.73 Å². The van der Waals surface area contributed by atoms with E-state index in [4.69, 9.17) is 5.73 Å². The first-order chi connectivity index (χ1) is 7.65. The minimum Gasteiger partial charge on any atom is -0.375 e. The third-order valence-corrected chi connectivity index (χ3v) is 4.76. The van der Waals surface area contributed by atoms with Crippen LogP contribution in [0.15, 0.2) is 27.1 Å². The molecule has 2 aromatic rings. The van der Waals surface area contributed by atoms with Gasteiger partial charge in [-0.2, -0.15) is 0 Å². The van der Waals surface area contributed by atoms with Gasteiger partial charge in [-0.15, -0.1) is 11.8 Å². The third kappa shape index (κ3) is 2.96. The molecule has 0 radical (unpaired) electrons. The molecule has 16 heavy (non-hydrogen) atoms. The number of hydrogen-bond acceptors (Lipinski definition) is 5. The Morgan fingerprint density at radius 1 is 1.50 bits per heavy atom. The van der Waals surface area contributed by atoms with Crippen molar-refractivity contribution in [3.63, 3.8) is 0 Å². The lowest BCUT2D eigenvalue weighted by molar-refractivity contribution is 1.20. The van der Waals surface area contributed by atoms with Gasteiger partial charge in [0.15, 0.2) is 5.13 Å². The Balaban J connectivity index is 2.05. The Morgan fingerprint density at radius 3 is 2.94 bits per heavy atom. The highest BCUT2D eigenvalue weighted by atomic mass is 79.9. The molecule has 6 heteroatoms. The van der Waals surface area contributed by atoms with Crippen LogP contribution in [0.3, 0.4) is 0 Å². The van der Waals surface area contributed by atoms with Gasteiger partial charge >= 0.3 is 0 Å². The zero-order valence-corrected chi connectivity index (χ0v) is 11.8. The van der Waals surface area contributed by atoms with Crippen LogP contribution < -0.4 is 5.73 Å². The number of rotatable bonds is 3. The smallest absolute Gasteiger partial charge is 0.181 e. The molecule has 0 unspecified atom stereocenters. The maximum Gasteiger partial charge on any atom is 0.181 e. The molecule has 0 fully saturated rings. The number of nitrogens with two attached hydrogens (primary N) is 1. The van der Waals surface area contributed by atoms with Gasteiger partial charge in [-0.3, -0.25) is 4.98 Å². The van der Waals surface area contributed by atoms with E-state index in [1.165, 1.54) is 21.1 Å². The highest BCUT2D eigenvalue weighted by Crippen LogP contribution is 2.32. The van der Waals surface area contributed by atoms with Crippen LogP contribution in [-0.4, -0.2) is 9.97 Å². The Labute approximate surface area is 111 Å². The van der Waals surface area contributed by atoms with Crippen molar-refractivity contribution in [1.82, 2.24) is 9.97 Å². The Hall–Kier alpha value is -0.590. The summed E-state index contributed by atoms with van der Waals surface area (Å²) in [6.07, 6.45) is 3.65. The van der Waals surface area contributed by atoms with Crippen molar-refractivity contribution in [2.24, 2.45) is 0 Å². The molecule has 0 aromatic carbocycles. The second-order valence-electron chi connectivity index (χ2n) is 3.23. The number of nitrogen functional groups attached to an aromatic ring is 1. The van der Waals surface area contributed by atoms with Crippen LogP contribution in [-0.2, 0) is 5.75 Å². The summed E-state index contributed by atoms with van der Waals surface area (Å²) in [5.74, 6) is 0.884. The van der Waals surface area contributed by atoms with E-state index in [1.807, 2.05) is 13.1 Å². The predicted molar refractivity (Wildman–Crippen MR) is 72.8 cm³/mol. The molecule has 0 aliphatic heterocycles. The number of aryl methyl sites for hydroxylation is 1. The second kappa shape index (κ2) is 5.16. The third-order valence-electron chi connectivity index (χ3n) is 1.90. The number of pyridine rings is 1. The number of aromatic nitrogens is 2. The lowest BCUT2D eigenvalue weighted by atomic mass is 10.3. The van der Waals surface area contributed by atoms with Crippen LogP contribution >= 0.6 is 39.0 Å². The Kier molecular flexibility index (Phi) is 3.83. The Morgan fingerprint density at radius 2 is 2.31 bits per heavy atom.